The van der Waals surface area contributed by atoms with E-state index in [1.807, 2.05) is 0 Å². The zero-order valence-electron chi connectivity index (χ0n) is 12.3. The molecule has 0 bridgehead atoms. The lowest BCUT2D eigenvalue weighted by molar-refractivity contribution is -0.138. The maximum atomic E-state index is 12.5. The highest BCUT2D eigenvalue weighted by atomic mass is 35.5. The Balaban J connectivity index is 0.00000180. The summed E-state index contributed by atoms with van der Waals surface area (Å²) in [5, 5.41) is 3.31. The highest BCUT2D eigenvalue weighted by Gasteiger charge is 2.45. The molecule has 0 spiro atoms. The van der Waals surface area contributed by atoms with E-state index >= 15 is 0 Å². The van der Waals surface area contributed by atoms with Crippen molar-refractivity contribution in [3.05, 3.63) is 0 Å². The first-order chi connectivity index (χ1) is 8.57. The number of hydrogen-bond donors (Lipinski definition) is 2. The second kappa shape index (κ2) is 6.94. The van der Waals surface area contributed by atoms with Gasteiger partial charge in [-0.25, -0.2) is 0 Å². The van der Waals surface area contributed by atoms with E-state index < -0.39 is 0 Å². The Morgan fingerprint density at radius 3 is 2.47 bits per heavy atom. The summed E-state index contributed by atoms with van der Waals surface area (Å²) in [6, 6.07) is 0.340. The predicted octanol–water partition coefficient (Wildman–Crippen LogP) is 2.87. The Kier molecular flexibility index (Phi) is 6.13. The van der Waals surface area contributed by atoms with Crippen LogP contribution in [0.5, 0.6) is 0 Å². The fourth-order valence-corrected chi connectivity index (χ4v) is 3.74. The highest BCUT2D eigenvalue weighted by Crippen LogP contribution is 2.46. The van der Waals surface area contributed by atoms with E-state index in [0.29, 0.717) is 30.3 Å². The summed E-state index contributed by atoms with van der Waals surface area (Å²) in [5.74, 6) is 1.42. The monoisotopic (exact) mass is 288 g/mol. The summed E-state index contributed by atoms with van der Waals surface area (Å²) in [6.07, 6.45) is 7.92. The van der Waals surface area contributed by atoms with Crippen LogP contribution in [0.1, 0.15) is 58.8 Å². The van der Waals surface area contributed by atoms with Crippen LogP contribution in [0.25, 0.3) is 0 Å². The van der Waals surface area contributed by atoms with Crippen molar-refractivity contribution in [2.45, 2.75) is 64.8 Å². The molecule has 0 saturated heterocycles. The maximum absolute atomic E-state index is 12.5. The van der Waals surface area contributed by atoms with Crippen LogP contribution in [0.3, 0.4) is 0 Å². The maximum Gasteiger partial charge on any atom is 0.226 e. The molecule has 3 nitrogen and oxygen atoms in total. The van der Waals surface area contributed by atoms with Gasteiger partial charge >= 0.3 is 0 Å². The molecule has 0 aromatic heterocycles. The number of hydrogen-bond acceptors (Lipinski definition) is 2. The zero-order valence-corrected chi connectivity index (χ0v) is 13.1. The average Bonchev–Trinajstić information content (AvgIpc) is 2.70. The van der Waals surface area contributed by atoms with Crippen LogP contribution in [-0.4, -0.2) is 18.5 Å². The van der Waals surface area contributed by atoms with Crippen LogP contribution in [0, 0.1) is 17.3 Å². The molecule has 19 heavy (non-hydrogen) atoms. The highest BCUT2D eigenvalue weighted by molar-refractivity contribution is 5.85. The van der Waals surface area contributed by atoms with Gasteiger partial charge in [-0.1, -0.05) is 26.7 Å². The van der Waals surface area contributed by atoms with E-state index in [-0.39, 0.29) is 17.8 Å². The number of carbonyl (C=O) groups excluding carboxylic acids is 1. The molecule has 0 aromatic carbocycles. The zero-order chi connectivity index (χ0) is 13.2. The summed E-state index contributed by atoms with van der Waals surface area (Å²) in [5.41, 5.74) is 5.74. The molecular weight excluding hydrogens is 260 g/mol. The summed E-state index contributed by atoms with van der Waals surface area (Å²) in [4.78, 5) is 12.5. The molecule has 2 rings (SSSR count). The van der Waals surface area contributed by atoms with E-state index in [9.17, 15) is 4.79 Å². The molecule has 2 aliphatic rings. The topological polar surface area (TPSA) is 55.1 Å². The normalized spacial score (nSPS) is 28.6. The van der Waals surface area contributed by atoms with Gasteiger partial charge in [0.15, 0.2) is 0 Å². The second-order valence-electron chi connectivity index (χ2n) is 6.74. The third kappa shape index (κ3) is 3.63. The van der Waals surface area contributed by atoms with Crippen molar-refractivity contribution in [3.8, 4) is 0 Å². The van der Waals surface area contributed by atoms with E-state index in [0.717, 1.165) is 25.7 Å². The van der Waals surface area contributed by atoms with Crippen molar-refractivity contribution >= 4 is 18.3 Å². The van der Waals surface area contributed by atoms with Gasteiger partial charge in [0.2, 0.25) is 5.91 Å². The van der Waals surface area contributed by atoms with Gasteiger partial charge in [0.1, 0.15) is 0 Å². The van der Waals surface area contributed by atoms with Crippen molar-refractivity contribution in [2.24, 2.45) is 23.0 Å². The fourth-order valence-electron chi connectivity index (χ4n) is 3.74. The van der Waals surface area contributed by atoms with Crippen molar-refractivity contribution in [1.29, 1.82) is 0 Å². The molecular formula is C15H29ClN2O. The van der Waals surface area contributed by atoms with Crippen LogP contribution < -0.4 is 11.1 Å². The van der Waals surface area contributed by atoms with Crippen LogP contribution in [0.4, 0.5) is 0 Å². The van der Waals surface area contributed by atoms with E-state index in [2.05, 4.69) is 19.2 Å². The molecule has 112 valence electrons. The standard InChI is InChI=1S/C15H28N2O.ClH/c1-11(2)9-15(7-4-8-15)14(18)17-13-6-3-5-12(13)10-16;/h11-13H,3-10,16H2,1-2H3,(H,17,18);1H. The molecule has 2 unspecified atom stereocenters. The third-order valence-corrected chi connectivity index (χ3v) is 4.87. The first kappa shape index (κ1) is 16.8. The van der Waals surface area contributed by atoms with Crippen LogP contribution in [-0.2, 0) is 4.79 Å². The average molecular weight is 289 g/mol. The minimum Gasteiger partial charge on any atom is -0.353 e. The smallest absolute Gasteiger partial charge is 0.226 e. The van der Waals surface area contributed by atoms with Gasteiger partial charge < -0.3 is 11.1 Å². The lowest BCUT2D eigenvalue weighted by Crippen LogP contribution is -2.51. The Labute approximate surface area is 123 Å². The molecule has 0 aliphatic heterocycles. The number of rotatable bonds is 5. The van der Waals surface area contributed by atoms with Gasteiger partial charge in [-0.3, -0.25) is 4.79 Å². The Hall–Kier alpha value is -0.280. The van der Waals surface area contributed by atoms with E-state index in [1.165, 1.54) is 19.3 Å². The van der Waals surface area contributed by atoms with Gasteiger partial charge in [0, 0.05) is 11.5 Å². The molecule has 2 atom stereocenters. The largest absolute Gasteiger partial charge is 0.353 e. The Morgan fingerprint density at radius 1 is 1.32 bits per heavy atom. The molecule has 0 radical (unpaired) electrons. The SMILES string of the molecule is CC(C)CC1(C(=O)NC2CCCC2CN)CCC1.Cl. The molecule has 2 aliphatic carbocycles. The number of nitrogens with two attached hydrogens (primary N) is 1. The molecule has 0 aromatic rings. The minimum absolute atomic E-state index is 0. The summed E-state index contributed by atoms with van der Waals surface area (Å²) in [6.45, 7) is 5.14. The van der Waals surface area contributed by atoms with Crippen LogP contribution in [0.2, 0.25) is 0 Å². The third-order valence-electron chi connectivity index (χ3n) is 4.87. The number of nitrogens with one attached hydrogen (secondary N) is 1. The Morgan fingerprint density at radius 2 is 2.00 bits per heavy atom. The van der Waals surface area contributed by atoms with E-state index in [1.54, 1.807) is 0 Å². The first-order valence-corrected chi connectivity index (χ1v) is 7.58. The molecule has 3 N–H and O–H groups in total. The van der Waals surface area contributed by atoms with Crippen LogP contribution >= 0.6 is 12.4 Å². The summed E-state index contributed by atoms with van der Waals surface area (Å²) in [7, 11) is 0. The summed E-state index contributed by atoms with van der Waals surface area (Å²) < 4.78 is 0. The number of carbonyl (C=O) groups is 1. The Bertz CT molecular complexity index is 303. The molecule has 2 saturated carbocycles. The van der Waals surface area contributed by atoms with Gasteiger partial charge in [0.25, 0.3) is 0 Å². The second-order valence-corrected chi connectivity index (χ2v) is 6.74. The van der Waals surface area contributed by atoms with Crippen molar-refractivity contribution in [3.63, 3.8) is 0 Å². The lowest BCUT2D eigenvalue weighted by Gasteiger charge is -2.42. The molecule has 1 amide bonds. The minimum atomic E-state index is -0.0457. The lowest BCUT2D eigenvalue weighted by atomic mass is 9.64. The van der Waals surface area contributed by atoms with Crippen molar-refractivity contribution in [2.75, 3.05) is 6.54 Å². The van der Waals surface area contributed by atoms with Crippen LogP contribution in [0.15, 0.2) is 0 Å². The number of halogens is 1. The van der Waals surface area contributed by atoms with Gasteiger partial charge in [-0.05, 0) is 50.5 Å². The number of amides is 1. The fraction of sp³-hybridized carbons (Fsp3) is 0.933. The van der Waals surface area contributed by atoms with E-state index in [4.69, 9.17) is 5.73 Å². The van der Waals surface area contributed by atoms with Gasteiger partial charge in [-0.15, -0.1) is 12.4 Å². The quantitative estimate of drug-likeness (QED) is 0.817. The van der Waals surface area contributed by atoms with Gasteiger partial charge in [0.05, 0.1) is 0 Å². The predicted molar refractivity (Wildman–Crippen MR) is 81.3 cm³/mol. The molecule has 2 fully saturated rings. The van der Waals surface area contributed by atoms with Crippen molar-refractivity contribution < 1.29 is 4.79 Å². The molecule has 0 heterocycles. The summed E-state index contributed by atoms with van der Waals surface area (Å²) >= 11 is 0. The van der Waals surface area contributed by atoms with Gasteiger partial charge in [-0.2, -0.15) is 0 Å². The first-order valence-electron chi connectivity index (χ1n) is 7.58. The van der Waals surface area contributed by atoms with Crippen molar-refractivity contribution in [1.82, 2.24) is 5.32 Å². The molecule has 4 heteroatoms.